The average Bonchev–Trinajstić information content (AvgIpc) is 3.24. The van der Waals surface area contributed by atoms with E-state index in [1.54, 1.807) is 18.2 Å². The number of hydrogen-bond acceptors (Lipinski definition) is 0. The first-order valence-electron chi connectivity index (χ1n) is 12.1. The predicted molar refractivity (Wildman–Crippen MR) is 145 cm³/mol. The molecule has 0 amide bonds. The first-order chi connectivity index (χ1) is 18.1. The van der Waals surface area contributed by atoms with Gasteiger partial charge in [0.1, 0.15) is 17.5 Å². The molecule has 0 bridgehead atoms. The summed E-state index contributed by atoms with van der Waals surface area (Å²) in [5.41, 5.74) is 8.51. The maximum Gasteiger partial charge on any atom is 0.123 e. The first kappa shape index (κ1) is 21.6. The molecule has 6 aromatic carbocycles. The Hall–Kier alpha value is -4.63. The van der Waals surface area contributed by atoms with Crippen molar-refractivity contribution in [3.63, 3.8) is 0 Å². The molecule has 37 heavy (non-hydrogen) atoms. The molecule has 0 atom stereocenters. The second kappa shape index (κ2) is 8.21. The average molecular weight is 485 g/mol. The molecule has 1 aliphatic rings. The molecule has 0 spiro atoms. The Morgan fingerprint density at radius 2 is 0.811 bits per heavy atom. The Labute approximate surface area is 212 Å². The van der Waals surface area contributed by atoms with Gasteiger partial charge < -0.3 is 0 Å². The van der Waals surface area contributed by atoms with E-state index in [2.05, 4.69) is 24.3 Å². The molecular weight excluding hydrogens is 465 g/mol. The van der Waals surface area contributed by atoms with Crippen molar-refractivity contribution in [1.82, 2.24) is 0 Å². The molecule has 0 heterocycles. The third-order valence-corrected chi connectivity index (χ3v) is 7.16. The second-order valence-electron chi connectivity index (χ2n) is 9.34. The minimum atomic E-state index is -0.360. The van der Waals surface area contributed by atoms with Crippen molar-refractivity contribution < 1.29 is 13.2 Å². The van der Waals surface area contributed by atoms with Gasteiger partial charge in [0.05, 0.1) is 0 Å². The molecule has 7 rings (SSSR count). The summed E-state index contributed by atoms with van der Waals surface area (Å²) in [6.45, 7) is 0. The topological polar surface area (TPSA) is 0 Å². The zero-order valence-corrected chi connectivity index (χ0v) is 19.6. The number of halogens is 3. The largest absolute Gasteiger partial charge is 0.207 e. The summed E-state index contributed by atoms with van der Waals surface area (Å²) in [4.78, 5) is 0. The lowest BCUT2D eigenvalue weighted by molar-refractivity contribution is 0.627. The molecule has 0 N–H and O–H groups in total. The van der Waals surface area contributed by atoms with Crippen LogP contribution in [0.25, 0.3) is 66.4 Å². The molecule has 6 aromatic rings. The molecule has 0 radical (unpaired) electrons. The third-order valence-electron chi connectivity index (χ3n) is 7.16. The van der Waals surface area contributed by atoms with Crippen LogP contribution in [-0.2, 0) is 0 Å². The van der Waals surface area contributed by atoms with Gasteiger partial charge in [0.25, 0.3) is 0 Å². The fraction of sp³-hybridized carbons (Fsp3) is 0. The SMILES string of the molecule is Fc1cccc(-c2cc(-c3cccc(F)c3)c3c(c2-c2cccc(F)c2)-c2cccc4cccc-3c24)c1. The van der Waals surface area contributed by atoms with Crippen LogP contribution in [0.1, 0.15) is 0 Å². The number of benzene rings is 6. The zero-order valence-electron chi connectivity index (χ0n) is 19.6. The van der Waals surface area contributed by atoms with E-state index < -0.39 is 0 Å². The van der Waals surface area contributed by atoms with Crippen LogP contribution in [0, 0.1) is 17.5 Å². The van der Waals surface area contributed by atoms with Crippen molar-refractivity contribution in [1.29, 1.82) is 0 Å². The Balaban J connectivity index is 1.71. The van der Waals surface area contributed by atoms with E-state index >= 15 is 0 Å². The van der Waals surface area contributed by atoms with Crippen molar-refractivity contribution in [2.24, 2.45) is 0 Å². The Morgan fingerprint density at radius 1 is 0.351 bits per heavy atom. The lowest BCUT2D eigenvalue weighted by Crippen LogP contribution is -1.95. The van der Waals surface area contributed by atoms with Crippen LogP contribution in [-0.4, -0.2) is 0 Å². The van der Waals surface area contributed by atoms with Crippen LogP contribution in [0.5, 0.6) is 0 Å². The lowest BCUT2D eigenvalue weighted by atomic mass is 9.82. The summed E-state index contributed by atoms with van der Waals surface area (Å²) in [5.74, 6) is -1.04. The lowest BCUT2D eigenvalue weighted by Gasteiger charge is -2.21. The molecule has 0 unspecified atom stereocenters. The van der Waals surface area contributed by atoms with Gasteiger partial charge in [0.2, 0.25) is 0 Å². The van der Waals surface area contributed by atoms with E-state index in [9.17, 15) is 13.2 Å². The Bertz CT molecular complexity index is 1860. The quantitative estimate of drug-likeness (QED) is 0.234. The number of rotatable bonds is 3. The Kier molecular flexibility index (Phi) is 4.80. The molecule has 0 aromatic heterocycles. The van der Waals surface area contributed by atoms with Crippen LogP contribution in [0.15, 0.2) is 115 Å². The van der Waals surface area contributed by atoms with Gasteiger partial charge in [-0.1, -0.05) is 72.8 Å². The molecule has 0 nitrogen and oxygen atoms in total. The normalized spacial score (nSPS) is 11.6. The molecule has 3 heteroatoms. The van der Waals surface area contributed by atoms with Crippen LogP contribution in [0.4, 0.5) is 13.2 Å². The van der Waals surface area contributed by atoms with E-state index in [4.69, 9.17) is 0 Å². The van der Waals surface area contributed by atoms with Gasteiger partial charge in [-0.05, 0) is 109 Å². The van der Waals surface area contributed by atoms with Crippen molar-refractivity contribution in [3.8, 4) is 55.6 Å². The van der Waals surface area contributed by atoms with Crippen LogP contribution in [0.2, 0.25) is 0 Å². The van der Waals surface area contributed by atoms with E-state index in [1.807, 2.05) is 36.4 Å². The molecule has 176 valence electrons. The van der Waals surface area contributed by atoms with Gasteiger partial charge in [0.15, 0.2) is 0 Å². The molecular formula is C34H19F3. The highest BCUT2D eigenvalue weighted by Gasteiger charge is 2.30. The van der Waals surface area contributed by atoms with Gasteiger partial charge in [-0.25, -0.2) is 13.2 Å². The monoisotopic (exact) mass is 484 g/mol. The molecule has 0 saturated carbocycles. The van der Waals surface area contributed by atoms with Crippen molar-refractivity contribution in [2.75, 3.05) is 0 Å². The fourth-order valence-corrected chi connectivity index (χ4v) is 5.70. The second-order valence-corrected chi connectivity index (χ2v) is 9.34. The summed E-state index contributed by atoms with van der Waals surface area (Å²) in [6, 6.07) is 33.8. The summed E-state index contributed by atoms with van der Waals surface area (Å²) >= 11 is 0. The van der Waals surface area contributed by atoms with Gasteiger partial charge in [0, 0.05) is 0 Å². The van der Waals surface area contributed by atoms with Gasteiger partial charge >= 0.3 is 0 Å². The summed E-state index contributed by atoms with van der Waals surface area (Å²) < 4.78 is 43.5. The van der Waals surface area contributed by atoms with Gasteiger partial charge in [-0.3, -0.25) is 0 Å². The highest BCUT2D eigenvalue weighted by atomic mass is 19.1. The van der Waals surface area contributed by atoms with Crippen molar-refractivity contribution in [2.45, 2.75) is 0 Å². The highest BCUT2D eigenvalue weighted by Crippen LogP contribution is 2.57. The van der Waals surface area contributed by atoms with Crippen molar-refractivity contribution in [3.05, 3.63) is 133 Å². The van der Waals surface area contributed by atoms with E-state index in [1.165, 1.54) is 36.4 Å². The van der Waals surface area contributed by atoms with Crippen LogP contribution < -0.4 is 0 Å². The highest BCUT2D eigenvalue weighted by molar-refractivity contribution is 6.22. The maximum atomic E-state index is 14.6. The zero-order chi connectivity index (χ0) is 25.1. The fourth-order valence-electron chi connectivity index (χ4n) is 5.70. The summed E-state index contributed by atoms with van der Waals surface area (Å²) in [5, 5.41) is 2.19. The van der Waals surface area contributed by atoms with Crippen molar-refractivity contribution >= 4 is 10.8 Å². The standard InChI is InChI=1S/C34H19F3/c35-24-11-1-8-21(16-24)29-19-30(22-9-2-12-25(36)17-22)33-27-14-4-6-20-7-5-15-28(31(20)27)34(33)32(29)23-10-3-13-26(37)18-23/h1-19H. The minimum absolute atomic E-state index is 0.332. The van der Waals surface area contributed by atoms with Gasteiger partial charge in [-0.2, -0.15) is 0 Å². The number of fused-ring (bicyclic) bond motifs is 3. The van der Waals surface area contributed by atoms with E-state index in [0.717, 1.165) is 55.3 Å². The van der Waals surface area contributed by atoms with Crippen LogP contribution in [0.3, 0.4) is 0 Å². The first-order valence-corrected chi connectivity index (χ1v) is 12.1. The maximum absolute atomic E-state index is 14.6. The Morgan fingerprint density at radius 3 is 1.38 bits per heavy atom. The molecule has 0 aliphatic heterocycles. The van der Waals surface area contributed by atoms with E-state index in [0.29, 0.717) is 11.1 Å². The summed E-state index contributed by atoms with van der Waals surface area (Å²) in [7, 11) is 0. The molecule has 0 fully saturated rings. The van der Waals surface area contributed by atoms with Crippen LogP contribution >= 0.6 is 0 Å². The summed E-state index contributed by atoms with van der Waals surface area (Å²) in [6.07, 6.45) is 0. The predicted octanol–water partition coefficient (Wildman–Crippen LogP) is 9.91. The molecule has 0 saturated heterocycles. The molecule has 1 aliphatic carbocycles. The minimum Gasteiger partial charge on any atom is -0.207 e. The smallest absolute Gasteiger partial charge is 0.123 e. The van der Waals surface area contributed by atoms with Gasteiger partial charge in [-0.15, -0.1) is 0 Å². The third kappa shape index (κ3) is 3.39. The van der Waals surface area contributed by atoms with E-state index in [-0.39, 0.29) is 17.5 Å². The number of hydrogen-bond donors (Lipinski definition) is 0.